The van der Waals surface area contributed by atoms with Crippen molar-refractivity contribution in [3.63, 3.8) is 0 Å². The highest BCUT2D eigenvalue weighted by Gasteiger charge is 2.52. The number of hydrogen-bond acceptors (Lipinski definition) is 5. The van der Waals surface area contributed by atoms with Crippen molar-refractivity contribution in [2.45, 2.75) is 58.2 Å². The number of carbonyl (C=O) groups is 1. The monoisotopic (exact) mass is 418 g/mol. The van der Waals surface area contributed by atoms with Crippen molar-refractivity contribution in [1.29, 1.82) is 0 Å². The van der Waals surface area contributed by atoms with Crippen molar-refractivity contribution in [2.75, 3.05) is 14.2 Å². The minimum Gasteiger partial charge on any atom is -0.500 e. The third-order valence-corrected chi connectivity index (χ3v) is 7.26. The van der Waals surface area contributed by atoms with Crippen LogP contribution < -0.4 is 10.2 Å². The molecule has 1 aliphatic heterocycles. The summed E-state index contributed by atoms with van der Waals surface area (Å²) in [4.78, 5) is 13.2. The van der Waals surface area contributed by atoms with Crippen LogP contribution in [0.2, 0.25) is 5.02 Å². The molecule has 5 nitrogen and oxygen atoms in total. The molecule has 1 heterocycles. The minimum atomic E-state index is -0.561. The predicted molar refractivity (Wildman–Crippen MR) is 113 cm³/mol. The van der Waals surface area contributed by atoms with Crippen LogP contribution in [0.4, 0.5) is 0 Å². The lowest BCUT2D eigenvalue weighted by molar-refractivity contribution is -0.117. The number of fused-ring (bicyclic) bond motifs is 2. The Morgan fingerprint density at radius 1 is 1.03 bits per heavy atom. The topological polar surface area (TPSA) is 54.0 Å². The van der Waals surface area contributed by atoms with Crippen LogP contribution in [-0.4, -0.2) is 38.3 Å². The number of hydrogen-bond donors (Lipinski definition) is 0. The standard InChI is InChI=1S/C22H28BClO5/c1-21(2)22(3,4)29-23(28-21)14-10-15(24)17(16(11-14)26-5)18-19(25)12-7-8-13(9-12)20(18)27-6/h10-13H,7-9H2,1-6H3. The molecule has 0 aromatic heterocycles. The van der Waals surface area contributed by atoms with Gasteiger partial charge >= 0.3 is 7.12 Å². The second-order valence-electron chi connectivity index (χ2n) is 9.18. The highest BCUT2D eigenvalue weighted by atomic mass is 35.5. The first-order valence-electron chi connectivity index (χ1n) is 10.2. The average molecular weight is 419 g/mol. The Bertz CT molecular complexity index is 875. The van der Waals surface area contributed by atoms with Gasteiger partial charge in [-0.3, -0.25) is 4.79 Å². The molecule has 1 saturated heterocycles. The Kier molecular flexibility index (Phi) is 5.04. The lowest BCUT2D eigenvalue weighted by Gasteiger charge is -2.32. The molecule has 2 atom stereocenters. The van der Waals surface area contributed by atoms with Gasteiger partial charge < -0.3 is 18.8 Å². The van der Waals surface area contributed by atoms with Crippen molar-refractivity contribution >= 4 is 35.5 Å². The van der Waals surface area contributed by atoms with Crippen molar-refractivity contribution < 1.29 is 23.6 Å². The number of Topliss-reactive ketones (excluding diaryl/α,β-unsaturated/α-hetero) is 1. The molecule has 2 bridgehead atoms. The van der Waals surface area contributed by atoms with E-state index >= 15 is 0 Å². The molecule has 1 aromatic carbocycles. The summed E-state index contributed by atoms with van der Waals surface area (Å²) in [5, 5.41) is 0.438. The molecule has 0 amide bonds. The van der Waals surface area contributed by atoms with Gasteiger partial charge in [0.2, 0.25) is 0 Å². The van der Waals surface area contributed by atoms with Gasteiger partial charge in [-0.25, -0.2) is 0 Å². The molecular weight excluding hydrogens is 391 g/mol. The maximum atomic E-state index is 13.2. The fraction of sp³-hybridized carbons (Fsp3) is 0.591. The summed E-state index contributed by atoms with van der Waals surface area (Å²) in [6.45, 7) is 8.03. The Morgan fingerprint density at radius 3 is 2.24 bits per heavy atom. The minimum absolute atomic E-state index is 0.0393. The van der Waals surface area contributed by atoms with Gasteiger partial charge in [-0.15, -0.1) is 0 Å². The van der Waals surface area contributed by atoms with E-state index < -0.39 is 18.3 Å². The fourth-order valence-electron chi connectivity index (χ4n) is 4.62. The molecule has 0 radical (unpaired) electrons. The number of ketones is 1. The van der Waals surface area contributed by atoms with E-state index in [4.69, 9.17) is 30.4 Å². The molecule has 7 heteroatoms. The summed E-state index contributed by atoms with van der Waals surface area (Å²) >= 11 is 6.74. The molecule has 1 aromatic rings. The van der Waals surface area contributed by atoms with Crippen molar-refractivity contribution in [2.24, 2.45) is 11.8 Å². The Morgan fingerprint density at radius 2 is 1.66 bits per heavy atom. The number of carbonyl (C=O) groups excluding carboxylic acids is 1. The van der Waals surface area contributed by atoms with E-state index in [1.54, 1.807) is 14.2 Å². The first kappa shape index (κ1) is 20.8. The highest BCUT2D eigenvalue weighted by molar-refractivity contribution is 6.62. The molecule has 1 saturated carbocycles. The van der Waals surface area contributed by atoms with Gasteiger partial charge in [-0.05, 0) is 64.6 Å². The Balaban J connectivity index is 1.80. The zero-order valence-electron chi connectivity index (χ0n) is 17.9. The number of rotatable bonds is 4. The van der Waals surface area contributed by atoms with Crippen LogP contribution in [-0.2, 0) is 18.8 Å². The van der Waals surface area contributed by atoms with Gasteiger partial charge in [-0.2, -0.15) is 0 Å². The maximum Gasteiger partial charge on any atom is 0.495 e. The van der Waals surface area contributed by atoms with Crippen LogP contribution in [0.5, 0.6) is 5.75 Å². The van der Waals surface area contributed by atoms with Crippen LogP contribution in [0.15, 0.2) is 17.9 Å². The quantitative estimate of drug-likeness (QED) is 0.692. The molecule has 29 heavy (non-hydrogen) atoms. The third-order valence-electron chi connectivity index (χ3n) is 6.96. The molecule has 4 rings (SSSR count). The molecule has 3 aliphatic rings. The summed E-state index contributed by atoms with van der Waals surface area (Å²) in [6, 6.07) is 3.67. The molecule has 2 unspecified atom stereocenters. The van der Waals surface area contributed by atoms with E-state index in [-0.39, 0.29) is 17.6 Å². The van der Waals surface area contributed by atoms with Gasteiger partial charge in [0.25, 0.3) is 0 Å². The maximum absolute atomic E-state index is 13.2. The van der Waals surface area contributed by atoms with Crippen LogP contribution in [0.1, 0.15) is 52.5 Å². The summed E-state index contributed by atoms with van der Waals surface area (Å²) in [7, 11) is 2.65. The van der Waals surface area contributed by atoms with Crippen LogP contribution in [0.3, 0.4) is 0 Å². The second kappa shape index (κ2) is 7.04. The first-order chi connectivity index (χ1) is 13.6. The number of ether oxygens (including phenoxy) is 2. The van der Waals surface area contributed by atoms with Crippen LogP contribution >= 0.6 is 11.6 Å². The first-order valence-corrected chi connectivity index (χ1v) is 10.5. The average Bonchev–Trinajstić information content (AvgIpc) is 3.18. The van der Waals surface area contributed by atoms with E-state index in [2.05, 4.69) is 0 Å². The predicted octanol–water partition coefficient (Wildman–Crippen LogP) is 4.00. The van der Waals surface area contributed by atoms with E-state index in [9.17, 15) is 4.79 Å². The Labute approximate surface area is 177 Å². The molecule has 2 aliphatic carbocycles. The zero-order chi connectivity index (χ0) is 21.1. The summed E-state index contributed by atoms with van der Waals surface area (Å²) in [5.74, 6) is 1.66. The van der Waals surface area contributed by atoms with Gasteiger partial charge in [0.15, 0.2) is 5.78 Å². The molecule has 0 N–H and O–H groups in total. The fourth-order valence-corrected chi connectivity index (χ4v) is 4.94. The molecule has 0 spiro atoms. The van der Waals surface area contributed by atoms with E-state index in [0.717, 1.165) is 30.5 Å². The van der Waals surface area contributed by atoms with E-state index in [0.29, 0.717) is 21.9 Å². The van der Waals surface area contributed by atoms with Gasteiger partial charge in [0, 0.05) is 17.4 Å². The largest absolute Gasteiger partial charge is 0.500 e. The van der Waals surface area contributed by atoms with Crippen molar-refractivity contribution in [3.05, 3.63) is 28.5 Å². The van der Waals surface area contributed by atoms with Crippen molar-refractivity contribution in [1.82, 2.24) is 0 Å². The SMILES string of the molecule is COC1=C(c2c(Cl)cc(B3OC(C)(C)C(C)(C)O3)cc2OC)C(=O)C2CCC1C2. The molecule has 2 fully saturated rings. The smallest absolute Gasteiger partial charge is 0.495 e. The zero-order valence-corrected chi connectivity index (χ0v) is 18.7. The summed E-state index contributed by atoms with van der Waals surface area (Å²) in [5.41, 5.74) is 1.02. The Hall–Kier alpha value is -1.50. The number of allylic oxidation sites excluding steroid dienone is 2. The second-order valence-corrected chi connectivity index (χ2v) is 9.59. The van der Waals surface area contributed by atoms with E-state index in [1.807, 2.05) is 39.8 Å². The van der Waals surface area contributed by atoms with Crippen LogP contribution in [0, 0.1) is 11.8 Å². The third kappa shape index (κ3) is 3.20. The van der Waals surface area contributed by atoms with Crippen LogP contribution in [0.25, 0.3) is 5.57 Å². The highest BCUT2D eigenvalue weighted by Crippen LogP contribution is 2.49. The normalized spacial score (nSPS) is 27.6. The van der Waals surface area contributed by atoms with Crippen molar-refractivity contribution in [3.8, 4) is 5.75 Å². The summed E-state index contributed by atoms with van der Waals surface area (Å²) in [6.07, 6.45) is 2.72. The summed E-state index contributed by atoms with van der Waals surface area (Å²) < 4.78 is 23.7. The number of benzene rings is 1. The number of halogens is 1. The van der Waals surface area contributed by atoms with Gasteiger partial charge in [-0.1, -0.05) is 11.6 Å². The molecule has 156 valence electrons. The molecular formula is C22H28BClO5. The lowest BCUT2D eigenvalue weighted by Crippen LogP contribution is -2.41. The lowest BCUT2D eigenvalue weighted by atomic mass is 9.77. The van der Waals surface area contributed by atoms with Gasteiger partial charge in [0.05, 0.1) is 36.0 Å². The van der Waals surface area contributed by atoms with E-state index in [1.165, 1.54) is 0 Å². The van der Waals surface area contributed by atoms with Gasteiger partial charge in [0.1, 0.15) is 11.5 Å². The number of methoxy groups -OCH3 is 2.